The molecule has 0 aliphatic heterocycles. The number of rotatable bonds is 6. The zero-order chi connectivity index (χ0) is 19.7. The quantitative estimate of drug-likeness (QED) is 0.605. The molecule has 0 heterocycles. The summed E-state index contributed by atoms with van der Waals surface area (Å²) < 4.78 is 20.7. The molecular formula is C22H26ClFO3S. The van der Waals surface area contributed by atoms with E-state index in [9.17, 15) is 14.3 Å². The third-order valence-corrected chi connectivity index (χ3v) is 9.38. The average Bonchev–Trinajstić information content (AvgIpc) is 3.43. The molecule has 0 bridgehead atoms. The highest BCUT2D eigenvalue weighted by Crippen LogP contribution is 2.81. The van der Waals surface area contributed by atoms with Crippen molar-refractivity contribution in [3.05, 3.63) is 23.0 Å². The summed E-state index contributed by atoms with van der Waals surface area (Å²) in [5, 5.41) is 9.64. The average molecular weight is 425 g/mol. The predicted molar refractivity (Wildman–Crippen MR) is 108 cm³/mol. The van der Waals surface area contributed by atoms with Gasteiger partial charge < -0.3 is 9.84 Å². The Balaban J connectivity index is 1.25. The normalized spacial score (nSPS) is 40.5. The molecule has 0 aromatic heterocycles. The van der Waals surface area contributed by atoms with Gasteiger partial charge in [-0.2, -0.15) is 0 Å². The minimum atomic E-state index is -0.794. The minimum absolute atomic E-state index is 0.103. The summed E-state index contributed by atoms with van der Waals surface area (Å²) in [6, 6.07) is 2.98. The van der Waals surface area contributed by atoms with Crippen LogP contribution in [0.5, 0.6) is 5.75 Å². The van der Waals surface area contributed by atoms with E-state index >= 15 is 0 Å². The van der Waals surface area contributed by atoms with Crippen molar-refractivity contribution in [3.8, 4) is 5.75 Å². The number of aliphatic carboxylic acids is 1. The second-order valence-electron chi connectivity index (χ2n) is 9.79. The summed E-state index contributed by atoms with van der Waals surface area (Å²) in [6.07, 6.45) is 7.52. The fraction of sp³-hybridized carbons (Fsp3) is 0.682. The lowest BCUT2D eigenvalue weighted by Crippen LogP contribution is -2.29. The first-order valence-electron chi connectivity index (χ1n) is 10.3. The van der Waals surface area contributed by atoms with E-state index in [0.717, 1.165) is 30.1 Å². The Morgan fingerprint density at radius 1 is 1.29 bits per heavy atom. The molecule has 4 fully saturated rings. The molecular weight excluding hydrogens is 399 g/mol. The summed E-state index contributed by atoms with van der Waals surface area (Å²) in [4.78, 5) is 11.8. The molecule has 4 saturated carbocycles. The highest BCUT2D eigenvalue weighted by Gasteiger charge is 2.73. The molecule has 5 rings (SSSR count). The lowest BCUT2D eigenvalue weighted by Gasteiger charge is -2.33. The van der Waals surface area contributed by atoms with Crippen LogP contribution < -0.4 is 4.74 Å². The van der Waals surface area contributed by atoms with E-state index < -0.39 is 11.9 Å². The predicted octanol–water partition coefficient (Wildman–Crippen LogP) is 6.03. The van der Waals surface area contributed by atoms with E-state index in [2.05, 4.69) is 6.92 Å². The monoisotopic (exact) mass is 424 g/mol. The first kappa shape index (κ1) is 19.0. The van der Waals surface area contributed by atoms with E-state index in [4.69, 9.17) is 16.3 Å². The van der Waals surface area contributed by atoms with Crippen molar-refractivity contribution >= 4 is 29.3 Å². The molecule has 1 N–H and O–H groups in total. The first-order valence-corrected chi connectivity index (χ1v) is 11.6. The van der Waals surface area contributed by atoms with Crippen molar-refractivity contribution in [3.63, 3.8) is 0 Å². The summed E-state index contributed by atoms with van der Waals surface area (Å²) in [5.74, 6) is 0.561. The number of benzene rings is 1. The van der Waals surface area contributed by atoms with Crippen molar-refractivity contribution in [2.45, 2.75) is 62.0 Å². The van der Waals surface area contributed by atoms with Gasteiger partial charge in [0.25, 0.3) is 0 Å². The second kappa shape index (κ2) is 6.53. The highest BCUT2D eigenvalue weighted by molar-refractivity contribution is 8.00. The van der Waals surface area contributed by atoms with Crippen LogP contribution in [0.2, 0.25) is 5.02 Å². The van der Waals surface area contributed by atoms with Gasteiger partial charge in [0.1, 0.15) is 11.6 Å². The van der Waals surface area contributed by atoms with Crippen LogP contribution in [0.4, 0.5) is 4.39 Å². The molecule has 4 aliphatic rings. The molecule has 0 saturated heterocycles. The zero-order valence-electron chi connectivity index (χ0n) is 16.0. The van der Waals surface area contributed by atoms with Crippen LogP contribution in [-0.4, -0.2) is 22.9 Å². The van der Waals surface area contributed by atoms with E-state index in [0.29, 0.717) is 28.7 Å². The Kier molecular flexibility index (Phi) is 4.44. The van der Waals surface area contributed by atoms with Gasteiger partial charge in [0, 0.05) is 21.6 Å². The fourth-order valence-electron chi connectivity index (χ4n) is 5.97. The Morgan fingerprint density at radius 2 is 2.00 bits per heavy atom. The number of hydrogen-bond donors (Lipinski definition) is 1. The molecule has 4 aliphatic carbocycles. The number of carboxylic acid groups (broad SMARTS) is 1. The maximum absolute atomic E-state index is 14.7. The van der Waals surface area contributed by atoms with Gasteiger partial charge in [-0.15, -0.1) is 11.8 Å². The maximum atomic E-state index is 14.7. The topological polar surface area (TPSA) is 46.5 Å². The third-order valence-electron chi connectivity index (χ3n) is 7.65. The lowest BCUT2D eigenvalue weighted by atomic mass is 9.76. The van der Waals surface area contributed by atoms with Crippen LogP contribution in [0.15, 0.2) is 17.0 Å². The highest BCUT2D eigenvalue weighted by atomic mass is 35.5. The summed E-state index contributed by atoms with van der Waals surface area (Å²) in [7, 11) is 0. The molecule has 0 amide bonds. The van der Waals surface area contributed by atoms with E-state index in [1.54, 1.807) is 6.07 Å². The van der Waals surface area contributed by atoms with Crippen molar-refractivity contribution in [1.29, 1.82) is 0 Å². The van der Waals surface area contributed by atoms with Gasteiger partial charge in [-0.1, -0.05) is 24.9 Å². The fourth-order valence-corrected chi connectivity index (χ4v) is 7.64. The Hall–Kier alpha value is -0.940. The Bertz CT molecular complexity index is 810. The first-order chi connectivity index (χ1) is 13.3. The molecule has 0 radical (unpaired) electrons. The number of carboxylic acids is 1. The molecule has 6 atom stereocenters. The SMILES string of the molecule is CC1(COc2cc(F)c(SC3CCCC3C(=O)O)cc2Cl)C[C@@H]2CC23C[C@@H]3C1. The van der Waals surface area contributed by atoms with Gasteiger partial charge in [0.05, 0.1) is 17.5 Å². The molecule has 3 nitrogen and oxygen atoms in total. The number of carbonyl (C=O) groups is 1. The van der Waals surface area contributed by atoms with Crippen molar-refractivity contribution in [1.82, 2.24) is 0 Å². The van der Waals surface area contributed by atoms with Crippen LogP contribution in [0.3, 0.4) is 0 Å². The van der Waals surface area contributed by atoms with Crippen molar-refractivity contribution in [2.24, 2.45) is 28.6 Å². The van der Waals surface area contributed by atoms with E-state index in [1.807, 2.05) is 0 Å². The van der Waals surface area contributed by atoms with Gasteiger partial charge in [-0.3, -0.25) is 4.79 Å². The lowest BCUT2D eigenvalue weighted by molar-refractivity contribution is -0.141. The molecule has 28 heavy (non-hydrogen) atoms. The standard InChI is InChI=1S/C22H26ClFO3S/c1-21(7-12-9-22(12)10-13(22)8-21)11-27-17-6-16(24)19(5-15(17)23)28-18-4-2-3-14(18)20(25)26/h5-6,12-14,18H,2-4,7-11H2,1H3,(H,25,26)/t12-,13+,14?,18?,21?,22?. The Labute approximate surface area is 174 Å². The largest absolute Gasteiger partial charge is 0.491 e. The van der Waals surface area contributed by atoms with Crippen LogP contribution in [-0.2, 0) is 4.79 Å². The molecule has 152 valence electrons. The summed E-state index contributed by atoms with van der Waals surface area (Å²) >= 11 is 7.70. The molecule has 1 aromatic carbocycles. The molecule has 4 unspecified atom stereocenters. The Morgan fingerprint density at radius 3 is 2.68 bits per heavy atom. The van der Waals surface area contributed by atoms with Gasteiger partial charge in [-0.25, -0.2) is 4.39 Å². The van der Waals surface area contributed by atoms with Crippen molar-refractivity contribution in [2.75, 3.05) is 6.61 Å². The van der Waals surface area contributed by atoms with Gasteiger partial charge in [0.15, 0.2) is 0 Å². The van der Waals surface area contributed by atoms with Gasteiger partial charge in [-0.05, 0) is 61.8 Å². The van der Waals surface area contributed by atoms with E-state index in [-0.39, 0.29) is 16.5 Å². The van der Waals surface area contributed by atoms with Gasteiger partial charge in [0.2, 0.25) is 0 Å². The minimum Gasteiger partial charge on any atom is -0.491 e. The summed E-state index contributed by atoms with van der Waals surface area (Å²) in [5.41, 5.74) is 0.869. The smallest absolute Gasteiger partial charge is 0.307 e. The second-order valence-corrected chi connectivity index (χ2v) is 11.5. The van der Waals surface area contributed by atoms with Crippen LogP contribution in [0.25, 0.3) is 0 Å². The zero-order valence-corrected chi connectivity index (χ0v) is 17.6. The maximum Gasteiger partial charge on any atom is 0.307 e. The number of ether oxygens (including phenoxy) is 1. The molecule has 1 aromatic rings. The molecule has 6 heteroatoms. The van der Waals surface area contributed by atoms with Gasteiger partial charge >= 0.3 is 5.97 Å². The number of hydrogen-bond acceptors (Lipinski definition) is 3. The number of halogens is 2. The van der Waals surface area contributed by atoms with Crippen LogP contribution in [0.1, 0.15) is 51.9 Å². The third kappa shape index (κ3) is 3.23. The number of thioether (sulfide) groups is 1. The van der Waals surface area contributed by atoms with E-state index in [1.165, 1.54) is 43.5 Å². The molecule has 1 spiro atoms. The van der Waals surface area contributed by atoms with Crippen LogP contribution in [0, 0.1) is 34.4 Å². The van der Waals surface area contributed by atoms with Crippen molar-refractivity contribution < 1.29 is 19.0 Å². The summed E-state index contributed by atoms with van der Waals surface area (Å²) in [6.45, 7) is 2.86. The van der Waals surface area contributed by atoms with Crippen LogP contribution >= 0.6 is 23.4 Å².